The van der Waals surface area contributed by atoms with E-state index >= 15 is 0 Å². The van der Waals surface area contributed by atoms with E-state index in [-0.39, 0.29) is 23.4 Å². The van der Waals surface area contributed by atoms with E-state index in [9.17, 15) is 13.2 Å². The first-order valence-electron chi connectivity index (χ1n) is 8.56. The zero-order valence-electron chi connectivity index (χ0n) is 15.0. The number of amides is 1. The highest BCUT2D eigenvalue weighted by Crippen LogP contribution is 2.37. The van der Waals surface area contributed by atoms with Gasteiger partial charge in [-0.3, -0.25) is 4.79 Å². The standard InChI is InChI=1S/C19H20BrClN2O3S/c1-12-9-15-10-16(20)19(11-18(15)23(12)13(2)24)27(25,26)22-8-7-14-5-3-4-6-17(14)21/h3-6,10-12,22H,7-9H2,1-2H3. The summed E-state index contributed by atoms with van der Waals surface area (Å²) in [5.74, 6) is -0.0985. The van der Waals surface area contributed by atoms with Crippen LogP contribution < -0.4 is 9.62 Å². The predicted molar refractivity (Wildman–Crippen MR) is 111 cm³/mol. The summed E-state index contributed by atoms with van der Waals surface area (Å²) in [6.45, 7) is 3.66. The number of hydrogen-bond donors (Lipinski definition) is 1. The lowest BCUT2D eigenvalue weighted by molar-refractivity contribution is -0.116. The van der Waals surface area contributed by atoms with E-state index in [1.807, 2.05) is 25.1 Å². The molecule has 3 rings (SSSR count). The summed E-state index contributed by atoms with van der Waals surface area (Å²) in [5.41, 5.74) is 2.50. The number of anilines is 1. The molecule has 1 amide bonds. The number of carbonyl (C=O) groups excluding carboxylic acids is 1. The van der Waals surface area contributed by atoms with Gasteiger partial charge in [0.2, 0.25) is 15.9 Å². The molecule has 0 bridgehead atoms. The minimum absolute atomic E-state index is 0.00976. The minimum Gasteiger partial charge on any atom is -0.309 e. The number of hydrogen-bond acceptors (Lipinski definition) is 3. The lowest BCUT2D eigenvalue weighted by Gasteiger charge is -2.21. The van der Waals surface area contributed by atoms with Crippen molar-refractivity contribution in [1.29, 1.82) is 0 Å². The SMILES string of the molecule is CC(=O)N1c2cc(S(=O)(=O)NCCc3ccccc3Cl)c(Br)cc2CC1C. The third-order valence-electron chi connectivity index (χ3n) is 4.62. The molecule has 1 heterocycles. The molecule has 8 heteroatoms. The molecule has 0 saturated carbocycles. The van der Waals surface area contributed by atoms with Crippen molar-refractivity contribution < 1.29 is 13.2 Å². The normalized spacial score (nSPS) is 16.4. The topological polar surface area (TPSA) is 66.5 Å². The second kappa shape index (κ2) is 7.91. The Morgan fingerprint density at radius 2 is 2.04 bits per heavy atom. The summed E-state index contributed by atoms with van der Waals surface area (Å²) >= 11 is 9.48. The first-order chi connectivity index (χ1) is 12.7. The molecule has 0 aromatic heterocycles. The third kappa shape index (κ3) is 4.21. The van der Waals surface area contributed by atoms with Crippen LogP contribution in [0.1, 0.15) is 25.0 Å². The molecule has 0 fully saturated rings. The number of nitrogens with one attached hydrogen (secondary N) is 1. The summed E-state index contributed by atoms with van der Waals surface area (Å²) in [7, 11) is -3.74. The number of fused-ring (bicyclic) bond motifs is 1. The lowest BCUT2D eigenvalue weighted by Crippen LogP contribution is -2.33. The lowest BCUT2D eigenvalue weighted by atomic mass is 10.1. The first-order valence-corrected chi connectivity index (χ1v) is 11.2. The Balaban J connectivity index is 1.83. The largest absolute Gasteiger partial charge is 0.309 e. The van der Waals surface area contributed by atoms with Crippen molar-refractivity contribution in [3.8, 4) is 0 Å². The van der Waals surface area contributed by atoms with E-state index in [4.69, 9.17) is 11.6 Å². The van der Waals surface area contributed by atoms with E-state index in [1.54, 1.807) is 23.1 Å². The number of benzene rings is 2. The maximum Gasteiger partial charge on any atom is 0.241 e. The van der Waals surface area contributed by atoms with E-state index in [1.165, 1.54) is 6.92 Å². The third-order valence-corrected chi connectivity index (χ3v) is 7.41. The number of carbonyl (C=O) groups is 1. The van der Waals surface area contributed by atoms with Crippen molar-refractivity contribution in [2.75, 3.05) is 11.4 Å². The van der Waals surface area contributed by atoms with Crippen molar-refractivity contribution in [3.63, 3.8) is 0 Å². The van der Waals surface area contributed by atoms with E-state index < -0.39 is 10.0 Å². The van der Waals surface area contributed by atoms with Crippen molar-refractivity contribution in [2.24, 2.45) is 0 Å². The number of nitrogens with zero attached hydrogens (tertiary/aromatic N) is 1. The van der Waals surface area contributed by atoms with Crippen LogP contribution in [0.25, 0.3) is 0 Å². The van der Waals surface area contributed by atoms with Gasteiger partial charge in [0.25, 0.3) is 0 Å². The second-order valence-electron chi connectivity index (χ2n) is 6.59. The molecule has 27 heavy (non-hydrogen) atoms. The van der Waals surface area contributed by atoms with E-state index in [0.29, 0.717) is 28.0 Å². The monoisotopic (exact) mass is 470 g/mol. The van der Waals surface area contributed by atoms with Crippen molar-refractivity contribution in [1.82, 2.24) is 4.72 Å². The molecule has 1 unspecified atom stereocenters. The fourth-order valence-corrected chi connectivity index (χ4v) is 5.77. The molecule has 1 N–H and O–H groups in total. The Morgan fingerprint density at radius 1 is 1.33 bits per heavy atom. The van der Waals surface area contributed by atoms with Gasteiger partial charge in [0.05, 0.1) is 4.90 Å². The molecule has 1 atom stereocenters. The first kappa shape index (κ1) is 20.3. The van der Waals surface area contributed by atoms with Crippen LogP contribution in [0.4, 0.5) is 5.69 Å². The van der Waals surface area contributed by atoms with Crippen molar-refractivity contribution >= 4 is 49.1 Å². The molecule has 1 aliphatic heterocycles. The molecular formula is C19H20BrClN2O3S. The van der Waals surface area contributed by atoms with E-state index in [2.05, 4.69) is 20.7 Å². The van der Waals surface area contributed by atoms with Gasteiger partial charge in [-0.15, -0.1) is 0 Å². The maximum absolute atomic E-state index is 12.8. The minimum atomic E-state index is -3.74. The zero-order chi connectivity index (χ0) is 19.8. The Kier molecular flexibility index (Phi) is 5.96. The number of rotatable bonds is 5. The average molecular weight is 472 g/mol. The van der Waals surface area contributed by atoms with Crippen molar-refractivity contribution in [2.45, 2.75) is 37.6 Å². The molecule has 5 nitrogen and oxygen atoms in total. The van der Waals surface area contributed by atoms with Gasteiger partial charge in [-0.1, -0.05) is 29.8 Å². The Morgan fingerprint density at radius 3 is 2.70 bits per heavy atom. The predicted octanol–water partition coefficient (Wildman–Crippen LogP) is 3.92. The highest BCUT2D eigenvalue weighted by molar-refractivity contribution is 9.10. The van der Waals surface area contributed by atoms with Crippen LogP contribution >= 0.6 is 27.5 Å². The van der Waals surface area contributed by atoms with Crippen LogP contribution in [0.15, 0.2) is 45.8 Å². The Bertz CT molecular complexity index is 994. The van der Waals surface area contributed by atoms with Crippen LogP contribution in [0.3, 0.4) is 0 Å². The van der Waals surface area contributed by atoms with Crippen LogP contribution in [0, 0.1) is 0 Å². The van der Waals surface area contributed by atoms with E-state index in [0.717, 1.165) is 11.1 Å². The summed E-state index contributed by atoms with van der Waals surface area (Å²) in [4.78, 5) is 13.7. The van der Waals surface area contributed by atoms with Crippen molar-refractivity contribution in [3.05, 3.63) is 57.0 Å². The van der Waals surface area contributed by atoms with Crippen LogP contribution in [0.2, 0.25) is 5.02 Å². The highest BCUT2D eigenvalue weighted by Gasteiger charge is 2.31. The second-order valence-corrected chi connectivity index (χ2v) is 9.59. The van der Waals surface area contributed by atoms with Gasteiger partial charge in [-0.25, -0.2) is 13.1 Å². The van der Waals surface area contributed by atoms with Gasteiger partial charge in [0, 0.05) is 34.7 Å². The molecule has 1 aliphatic rings. The summed E-state index contributed by atoms with van der Waals surface area (Å²) < 4.78 is 28.7. The smallest absolute Gasteiger partial charge is 0.241 e. The molecule has 0 radical (unpaired) electrons. The van der Waals surface area contributed by atoms with Gasteiger partial charge in [0.15, 0.2) is 0 Å². The molecule has 0 spiro atoms. The van der Waals surface area contributed by atoms with Gasteiger partial charge in [-0.05, 0) is 65.0 Å². The molecule has 0 saturated heterocycles. The fraction of sp³-hybridized carbons (Fsp3) is 0.316. The van der Waals surface area contributed by atoms with Gasteiger partial charge < -0.3 is 4.90 Å². The molecule has 0 aliphatic carbocycles. The van der Waals surface area contributed by atoms with Crippen LogP contribution in [-0.4, -0.2) is 26.9 Å². The van der Waals surface area contributed by atoms with Gasteiger partial charge >= 0.3 is 0 Å². The fourth-order valence-electron chi connectivity index (χ4n) is 3.40. The molecule has 2 aromatic carbocycles. The van der Waals surface area contributed by atoms with Crippen LogP contribution in [-0.2, 0) is 27.7 Å². The maximum atomic E-state index is 12.8. The molecule has 144 valence electrons. The van der Waals surface area contributed by atoms with Gasteiger partial charge in [-0.2, -0.15) is 0 Å². The summed E-state index contributed by atoms with van der Waals surface area (Å²) in [6.07, 6.45) is 1.19. The van der Waals surface area contributed by atoms with Gasteiger partial charge in [0.1, 0.15) is 0 Å². The molecular weight excluding hydrogens is 452 g/mol. The summed E-state index contributed by atoms with van der Waals surface area (Å²) in [5, 5.41) is 0.612. The molecule has 2 aromatic rings. The number of halogens is 2. The summed E-state index contributed by atoms with van der Waals surface area (Å²) in [6, 6.07) is 10.7. The highest BCUT2D eigenvalue weighted by atomic mass is 79.9. The quantitative estimate of drug-likeness (QED) is 0.719. The Hall–Kier alpha value is -1.41. The Labute approximate surface area is 172 Å². The zero-order valence-corrected chi connectivity index (χ0v) is 18.2. The number of sulfonamides is 1. The van der Waals surface area contributed by atoms with Crippen LogP contribution in [0.5, 0.6) is 0 Å². The average Bonchev–Trinajstić information content (AvgIpc) is 2.90.